The summed E-state index contributed by atoms with van der Waals surface area (Å²) in [6, 6.07) is 26.1. The molecular formula is C36H31ClFN5O2. The topological polar surface area (TPSA) is 72.2 Å². The number of dihydropyridines is 1. The number of nitriles is 1. The molecule has 3 aliphatic heterocycles. The number of fused-ring (bicyclic) bond motifs is 1. The summed E-state index contributed by atoms with van der Waals surface area (Å²) >= 11 is 6.29. The Balaban J connectivity index is 1.37. The lowest BCUT2D eigenvalue weighted by Gasteiger charge is -2.47. The number of likely N-dealkylation sites (N-methyl/N-ethyl adjacent to an activating group) is 1. The van der Waals surface area contributed by atoms with Crippen LogP contribution in [0, 0.1) is 35.4 Å². The number of benzene rings is 3. The molecule has 0 saturated carbocycles. The molecule has 0 radical (unpaired) electrons. The van der Waals surface area contributed by atoms with Crippen molar-refractivity contribution >= 4 is 22.6 Å². The highest BCUT2D eigenvalue weighted by molar-refractivity contribution is 6.84. The summed E-state index contributed by atoms with van der Waals surface area (Å²) in [5.41, 5.74) is 4.78. The third kappa shape index (κ3) is 5.83. The van der Waals surface area contributed by atoms with E-state index in [1.807, 2.05) is 66.5 Å². The van der Waals surface area contributed by atoms with Gasteiger partial charge in [0.05, 0.1) is 29.5 Å². The minimum Gasteiger partial charge on any atom is -0.481 e. The van der Waals surface area contributed by atoms with E-state index in [4.69, 9.17) is 22.8 Å². The summed E-state index contributed by atoms with van der Waals surface area (Å²) in [5, 5.41) is 10.5. The minimum absolute atomic E-state index is 0.118. The normalized spacial score (nSPS) is 20.9. The monoisotopic (exact) mass is 619 g/mol. The fraction of sp³-hybridized carbons (Fsp3) is 0.250. The van der Waals surface area contributed by atoms with Crippen molar-refractivity contribution < 1.29 is 13.9 Å². The number of para-hydroxylation sites is 1. The molecule has 0 aliphatic carbocycles. The van der Waals surface area contributed by atoms with E-state index >= 15 is 0 Å². The molecule has 0 bridgehead atoms. The first-order chi connectivity index (χ1) is 21.9. The average molecular weight is 620 g/mol. The Labute approximate surface area is 267 Å². The van der Waals surface area contributed by atoms with Crippen molar-refractivity contribution in [1.29, 1.82) is 5.26 Å². The lowest BCUT2D eigenvalue weighted by atomic mass is 9.83. The Morgan fingerprint density at radius 3 is 2.42 bits per heavy atom. The first kappa shape index (κ1) is 30.1. The summed E-state index contributed by atoms with van der Waals surface area (Å²) in [6.07, 6.45) is 7.01. The van der Waals surface area contributed by atoms with Gasteiger partial charge in [0.25, 0.3) is 0 Å². The Morgan fingerprint density at radius 1 is 1.04 bits per heavy atom. The zero-order valence-corrected chi connectivity index (χ0v) is 25.5. The van der Waals surface area contributed by atoms with Gasteiger partial charge in [0.1, 0.15) is 29.8 Å². The maximum atomic E-state index is 14.0. The fourth-order valence-electron chi connectivity index (χ4n) is 6.55. The average Bonchev–Trinajstić information content (AvgIpc) is 3.07. The number of allylic oxidation sites excluding steroid dienone is 1. The van der Waals surface area contributed by atoms with Crippen LogP contribution < -0.4 is 4.74 Å². The lowest BCUT2D eigenvalue weighted by molar-refractivity contribution is -0.108. The Morgan fingerprint density at radius 2 is 1.73 bits per heavy atom. The second-order valence-electron chi connectivity index (χ2n) is 11.1. The quantitative estimate of drug-likeness (QED) is 0.317. The van der Waals surface area contributed by atoms with E-state index in [1.54, 1.807) is 12.1 Å². The number of ketones is 1. The molecule has 0 N–H and O–H groups in total. The molecule has 3 aliphatic rings. The smallest absolute Gasteiger partial charge is 0.217 e. The van der Waals surface area contributed by atoms with Gasteiger partial charge in [-0.05, 0) is 29.3 Å². The molecule has 3 aromatic rings. The van der Waals surface area contributed by atoms with Gasteiger partial charge in [-0.15, -0.1) is 6.42 Å². The minimum atomic E-state index is -0.566. The second kappa shape index (κ2) is 13.0. The molecule has 9 heteroatoms. The van der Waals surface area contributed by atoms with Crippen molar-refractivity contribution in [3.8, 4) is 24.2 Å². The number of rotatable bonds is 7. The van der Waals surface area contributed by atoms with Crippen molar-refractivity contribution in [2.45, 2.75) is 12.1 Å². The number of hydrogen-bond donors (Lipinski definition) is 0. The third-order valence-electron chi connectivity index (χ3n) is 8.58. The molecule has 226 valence electrons. The SMILES string of the molecule is C#CCOc1ccccc1C(c1ccc(F)cc1)N1CCN(C2=C3N=C(Cl)C(=O)C=C3N(C)C(c3ccccc3)C2C#N)CC1. The molecule has 45 heavy (non-hydrogen) atoms. The number of hydrogen-bond acceptors (Lipinski definition) is 7. The summed E-state index contributed by atoms with van der Waals surface area (Å²) in [7, 11) is 1.89. The molecule has 3 heterocycles. The number of ether oxygens (including phenoxy) is 1. The largest absolute Gasteiger partial charge is 0.481 e. The molecule has 0 amide bonds. The van der Waals surface area contributed by atoms with Gasteiger partial charge in [0.2, 0.25) is 5.78 Å². The van der Waals surface area contributed by atoms with Crippen molar-refractivity contribution in [2.75, 3.05) is 39.8 Å². The first-order valence-corrected chi connectivity index (χ1v) is 15.1. The van der Waals surface area contributed by atoms with Crippen LogP contribution >= 0.6 is 11.6 Å². The van der Waals surface area contributed by atoms with E-state index in [0.717, 1.165) is 22.4 Å². The Kier molecular flexibility index (Phi) is 8.71. The molecule has 7 nitrogen and oxygen atoms in total. The predicted octanol–water partition coefficient (Wildman–Crippen LogP) is 5.69. The van der Waals surface area contributed by atoms with Crippen LogP contribution in [-0.2, 0) is 4.79 Å². The number of terminal acetylenes is 1. The van der Waals surface area contributed by atoms with Crippen molar-refractivity contribution in [3.05, 3.63) is 125 Å². The molecule has 1 saturated heterocycles. The summed E-state index contributed by atoms with van der Waals surface area (Å²) in [5.74, 6) is 1.98. The third-order valence-corrected chi connectivity index (χ3v) is 8.86. The lowest BCUT2D eigenvalue weighted by Crippen LogP contribution is -2.51. The summed E-state index contributed by atoms with van der Waals surface area (Å²) in [4.78, 5) is 23.7. The fourth-order valence-corrected chi connectivity index (χ4v) is 6.68. The molecule has 1 fully saturated rings. The molecule has 0 spiro atoms. The molecule has 0 aromatic heterocycles. The van der Waals surface area contributed by atoms with E-state index in [-0.39, 0.29) is 35.5 Å². The van der Waals surface area contributed by atoms with Crippen LogP contribution in [0.15, 0.2) is 107 Å². The summed E-state index contributed by atoms with van der Waals surface area (Å²) in [6.45, 7) is 2.55. The number of carbonyl (C=O) groups excluding carboxylic acids is 1. The van der Waals surface area contributed by atoms with E-state index < -0.39 is 5.92 Å². The molecule has 3 unspecified atom stereocenters. The highest BCUT2D eigenvalue weighted by atomic mass is 35.5. The second-order valence-corrected chi connectivity index (χ2v) is 11.5. The molecule has 6 rings (SSSR count). The van der Waals surface area contributed by atoms with Crippen molar-refractivity contribution in [2.24, 2.45) is 10.9 Å². The first-order valence-electron chi connectivity index (χ1n) is 14.7. The van der Waals surface area contributed by atoms with Crippen LogP contribution in [0.2, 0.25) is 0 Å². The number of halogens is 2. The van der Waals surface area contributed by atoms with Gasteiger partial charge < -0.3 is 14.5 Å². The van der Waals surface area contributed by atoms with Gasteiger partial charge in [-0.1, -0.05) is 78.2 Å². The van der Waals surface area contributed by atoms with Crippen LogP contribution in [0.3, 0.4) is 0 Å². The Bertz CT molecular complexity index is 1770. The van der Waals surface area contributed by atoms with E-state index in [1.165, 1.54) is 18.2 Å². The zero-order chi connectivity index (χ0) is 31.5. The number of nitrogens with zero attached hydrogens (tertiary/aromatic N) is 5. The number of piperazine rings is 1. The van der Waals surface area contributed by atoms with Crippen molar-refractivity contribution in [3.63, 3.8) is 0 Å². The standard InChI is InChI=1S/C36H31ClFN5O2/c1-3-21-45-31-12-8-7-11-27(31)34(25-13-15-26(38)16-14-25)42-17-19-43(20-18-42)35-28(23-39)33(24-9-5-4-6-10-24)41(2)29-22-30(44)36(37)40-32(29)35/h1,4-16,22,28,33-34H,17-21H2,2H3. The van der Waals surface area contributed by atoms with Crippen LogP contribution in [-0.4, -0.2) is 65.5 Å². The highest BCUT2D eigenvalue weighted by Gasteiger charge is 2.44. The van der Waals surface area contributed by atoms with Gasteiger partial charge in [-0.3, -0.25) is 9.69 Å². The van der Waals surface area contributed by atoms with Gasteiger partial charge in [0, 0.05) is 44.9 Å². The maximum absolute atomic E-state index is 14.0. The van der Waals surface area contributed by atoms with Crippen LogP contribution in [0.5, 0.6) is 5.75 Å². The Hall–Kier alpha value is -4.89. The zero-order valence-electron chi connectivity index (χ0n) is 24.7. The highest BCUT2D eigenvalue weighted by Crippen LogP contribution is 2.46. The van der Waals surface area contributed by atoms with Gasteiger partial charge >= 0.3 is 0 Å². The van der Waals surface area contributed by atoms with E-state index in [2.05, 4.69) is 26.8 Å². The molecular weight excluding hydrogens is 589 g/mol. The van der Waals surface area contributed by atoms with E-state index in [9.17, 15) is 14.4 Å². The van der Waals surface area contributed by atoms with Gasteiger partial charge in [-0.2, -0.15) is 5.26 Å². The van der Waals surface area contributed by atoms with Crippen LogP contribution in [0.4, 0.5) is 4.39 Å². The number of carbonyl (C=O) groups is 1. The van der Waals surface area contributed by atoms with Gasteiger partial charge in [0.15, 0.2) is 5.17 Å². The molecule has 3 aromatic carbocycles. The van der Waals surface area contributed by atoms with Gasteiger partial charge in [-0.25, -0.2) is 9.38 Å². The van der Waals surface area contributed by atoms with Crippen LogP contribution in [0.1, 0.15) is 28.8 Å². The molecule has 3 atom stereocenters. The van der Waals surface area contributed by atoms with Crippen LogP contribution in [0.25, 0.3) is 0 Å². The maximum Gasteiger partial charge on any atom is 0.217 e. The summed E-state index contributed by atoms with van der Waals surface area (Å²) < 4.78 is 19.9. The van der Waals surface area contributed by atoms with E-state index in [0.29, 0.717) is 43.3 Å². The van der Waals surface area contributed by atoms with Crippen molar-refractivity contribution in [1.82, 2.24) is 14.7 Å². The predicted molar refractivity (Wildman–Crippen MR) is 172 cm³/mol. The number of aliphatic imine (C=N–C) groups is 1.